The molecule has 58 valence electrons. The van der Waals surface area contributed by atoms with E-state index in [1.165, 1.54) is 7.05 Å². The Labute approximate surface area is 63.9 Å². The number of anilines is 1. The van der Waals surface area contributed by atoms with Crippen LogP contribution in [0.1, 0.15) is 0 Å². The van der Waals surface area contributed by atoms with E-state index in [0.29, 0.717) is 5.95 Å². The van der Waals surface area contributed by atoms with Gasteiger partial charge in [-0.25, -0.2) is 14.8 Å². The minimum absolute atomic E-state index is 0.298. The Balaban J connectivity index is 2.58. The van der Waals surface area contributed by atoms with Gasteiger partial charge in [-0.3, -0.25) is 5.32 Å². The molecule has 0 radical (unpaired) electrons. The van der Waals surface area contributed by atoms with E-state index in [2.05, 4.69) is 20.6 Å². The number of nitrogens with one attached hydrogen (secondary N) is 2. The highest BCUT2D eigenvalue weighted by Crippen LogP contribution is 1.91. The summed E-state index contributed by atoms with van der Waals surface area (Å²) >= 11 is 0. The van der Waals surface area contributed by atoms with Gasteiger partial charge in [-0.05, 0) is 6.07 Å². The Kier molecular flexibility index (Phi) is 2.37. The van der Waals surface area contributed by atoms with Crippen LogP contribution >= 0.6 is 0 Å². The summed E-state index contributed by atoms with van der Waals surface area (Å²) in [6.07, 6.45) is 3.11. The van der Waals surface area contributed by atoms with Crippen molar-refractivity contribution in [3.05, 3.63) is 18.5 Å². The third kappa shape index (κ3) is 2.21. The number of urea groups is 1. The highest BCUT2D eigenvalue weighted by Gasteiger charge is 1.97. The Morgan fingerprint density at radius 2 is 2.09 bits per heavy atom. The molecule has 0 atom stereocenters. The normalized spacial score (nSPS) is 8.82. The molecule has 0 aliphatic heterocycles. The zero-order valence-electron chi connectivity index (χ0n) is 6.03. The smallest absolute Gasteiger partial charge is 0.321 e. The van der Waals surface area contributed by atoms with Crippen molar-refractivity contribution < 1.29 is 4.79 Å². The van der Waals surface area contributed by atoms with Gasteiger partial charge >= 0.3 is 6.03 Å². The second-order valence-corrected chi connectivity index (χ2v) is 1.78. The number of hydrogen-bond acceptors (Lipinski definition) is 3. The lowest BCUT2D eigenvalue weighted by atomic mass is 10.7. The SMILES string of the molecule is CNC(=O)Nc1ncccn1. The van der Waals surface area contributed by atoms with Crippen LogP contribution in [0.3, 0.4) is 0 Å². The minimum atomic E-state index is -0.323. The maximum atomic E-state index is 10.7. The maximum Gasteiger partial charge on any atom is 0.321 e. The molecule has 1 aromatic rings. The highest BCUT2D eigenvalue weighted by atomic mass is 16.2. The summed E-state index contributed by atoms with van der Waals surface area (Å²) in [6, 6.07) is 1.35. The topological polar surface area (TPSA) is 66.9 Å². The van der Waals surface area contributed by atoms with Gasteiger partial charge in [0.2, 0.25) is 5.95 Å². The molecule has 1 heterocycles. The van der Waals surface area contributed by atoms with Crippen molar-refractivity contribution in [2.24, 2.45) is 0 Å². The molecule has 0 saturated heterocycles. The van der Waals surface area contributed by atoms with E-state index in [1.54, 1.807) is 18.5 Å². The predicted molar refractivity (Wildman–Crippen MR) is 40.1 cm³/mol. The van der Waals surface area contributed by atoms with E-state index in [1.807, 2.05) is 0 Å². The Morgan fingerprint density at radius 1 is 1.45 bits per heavy atom. The zero-order chi connectivity index (χ0) is 8.10. The molecule has 5 heteroatoms. The summed E-state index contributed by atoms with van der Waals surface area (Å²) in [4.78, 5) is 18.2. The summed E-state index contributed by atoms with van der Waals surface area (Å²) in [5.41, 5.74) is 0. The lowest BCUT2D eigenvalue weighted by molar-refractivity contribution is 0.254. The minimum Gasteiger partial charge on any atom is -0.341 e. The molecule has 5 nitrogen and oxygen atoms in total. The molecule has 1 aromatic heterocycles. The van der Waals surface area contributed by atoms with E-state index < -0.39 is 0 Å². The number of amides is 2. The van der Waals surface area contributed by atoms with Crippen LogP contribution in [-0.2, 0) is 0 Å². The van der Waals surface area contributed by atoms with E-state index in [0.717, 1.165) is 0 Å². The Morgan fingerprint density at radius 3 is 2.64 bits per heavy atom. The van der Waals surface area contributed by atoms with Crippen LogP contribution in [0.5, 0.6) is 0 Å². The third-order valence-electron chi connectivity index (χ3n) is 1.02. The van der Waals surface area contributed by atoms with Gasteiger partial charge in [-0.15, -0.1) is 0 Å². The van der Waals surface area contributed by atoms with Gasteiger partial charge in [0.25, 0.3) is 0 Å². The molecule has 0 fully saturated rings. The Bertz CT molecular complexity index is 236. The number of nitrogens with zero attached hydrogens (tertiary/aromatic N) is 2. The second-order valence-electron chi connectivity index (χ2n) is 1.78. The van der Waals surface area contributed by atoms with Crippen LogP contribution in [0.2, 0.25) is 0 Å². The quantitative estimate of drug-likeness (QED) is 0.605. The van der Waals surface area contributed by atoms with Crippen LogP contribution in [0.4, 0.5) is 10.7 Å². The second kappa shape index (κ2) is 3.50. The lowest BCUT2D eigenvalue weighted by Crippen LogP contribution is -2.25. The standard InChI is InChI=1S/C6H8N4O/c1-7-6(11)10-5-8-3-2-4-9-5/h2-4H,1H3,(H2,7,8,9,10,11). The molecular formula is C6H8N4O. The van der Waals surface area contributed by atoms with E-state index in [-0.39, 0.29) is 6.03 Å². The van der Waals surface area contributed by atoms with Crippen LogP contribution in [0.15, 0.2) is 18.5 Å². The highest BCUT2D eigenvalue weighted by molar-refractivity contribution is 5.86. The average molecular weight is 152 g/mol. The van der Waals surface area contributed by atoms with E-state index in [9.17, 15) is 4.79 Å². The Hall–Kier alpha value is -1.65. The molecule has 0 spiro atoms. The molecule has 0 bridgehead atoms. The van der Waals surface area contributed by atoms with Gasteiger partial charge in [0.05, 0.1) is 0 Å². The van der Waals surface area contributed by atoms with Crippen LogP contribution in [0, 0.1) is 0 Å². The zero-order valence-corrected chi connectivity index (χ0v) is 6.03. The number of aromatic nitrogens is 2. The molecule has 0 aliphatic carbocycles. The van der Waals surface area contributed by atoms with Crippen molar-refractivity contribution in [3.63, 3.8) is 0 Å². The first-order chi connectivity index (χ1) is 5.33. The van der Waals surface area contributed by atoms with Gasteiger partial charge in [0, 0.05) is 19.4 Å². The van der Waals surface area contributed by atoms with Crippen molar-refractivity contribution in [1.82, 2.24) is 15.3 Å². The molecule has 2 N–H and O–H groups in total. The van der Waals surface area contributed by atoms with Crippen LogP contribution in [0.25, 0.3) is 0 Å². The van der Waals surface area contributed by atoms with E-state index in [4.69, 9.17) is 0 Å². The van der Waals surface area contributed by atoms with Crippen molar-refractivity contribution in [2.75, 3.05) is 12.4 Å². The van der Waals surface area contributed by atoms with Gasteiger partial charge < -0.3 is 5.32 Å². The molecule has 1 rings (SSSR count). The lowest BCUT2D eigenvalue weighted by Gasteiger charge is -1.99. The maximum absolute atomic E-state index is 10.7. The third-order valence-corrected chi connectivity index (χ3v) is 1.02. The molecule has 2 amide bonds. The summed E-state index contributed by atoms with van der Waals surface area (Å²) < 4.78 is 0. The van der Waals surface area contributed by atoms with Crippen molar-refractivity contribution in [2.45, 2.75) is 0 Å². The fourth-order valence-corrected chi connectivity index (χ4v) is 0.528. The number of carbonyl (C=O) groups is 1. The molecule has 0 aromatic carbocycles. The van der Waals surface area contributed by atoms with Crippen LogP contribution < -0.4 is 10.6 Å². The van der Waals surface area contributed by atoms with Crippen molar-refractivity contribution in [3.8, 4) is 0 Å². The molecule has 11 heavy (non-hydrogen) atoms. The molecule has 0 aliphatic rings. The monoisotopic (exact) mass is 152 g/mol. The van der Waals surface area contributed by atoms with Crippen LogP contribution in [-0.4, -0.2) is 23.0 Å². The fraction of sp³-hybridized carbons (Fsp3) is 0.167. The van der Waals surface area contributed by atoms with Crippen molar-refractivity contribution >= 4 is 12.0 Å². The first-order valence-corrected chi connectivity index (χ1v) is 3.08. The number of rotatable bonds is 1. The van der Waals surface area contributed by atoms with Gasteiger partial charge in [0.15, 0.2) is 0 Å². The first kappa shape index (κ1) is 7.46. The van der Waals surface area contributed by atoms with Gasteiger partial charge in [-0.2, -0.15) is 0 Å². The summed E-state index contributed by atoms with van der Waals surface area (Å²) in [7, 11) is 1.53. The predicted octanol–water partition coefficient (Wildman–Crippen LogP) is 0.228. The van der Waals surface area contributed by atoms with E-state index >= 15 is 0 Å². The first-order valence-electron chi connectivity index (χ1n) is 3.08. The van der Waals surface area contributed by atoms with Gasteiger partial charge in [0.1, 0.15) is 0 Å². The fourth-order valence-electron chi connectivity index (χ4n) is 0.528. The largest absolute Gasteiger partial charge is 0.341 e. The van der Waals surface area contributed by atoms with Gasteiger partial charge in [-0.1, -0.05) is 0 Å². The number of hydrogen-bond donors (Lipinski definition) is 2. The molecule has 0 saturated carbocycles. The van der Waals surface area contributed by atoms with Crippen molar-refractivity contribution in [1.29, 1.82) is 0 Å². The summed E-state index contributed by atoms with van der Waals surface area (Å²) in [5.74, 6) is 0.298. The number of carbonyl (C=O) groups excluding carboxylic acids is 1. The molecule has 0 unspecified atom stereocenters. The summed E-state index contributed by atoms with van der Waals surface area (Å²) in [5, 5.41) is 4.80. The average Bonchev–Trinajstić information content (AvgIpc) is 2.06. The summed E-state index contributed by atoms with van der Waals surface area (Å²) in [6.45, 7) is 0. The molecular weight excluding hydrogens is 144 g/mol.